The third-order valence-electron chi connectivity index (χ3n) is 3.83. The number of ketones is 1. The monoisotopic (exact) mass is 206 g/mol. The van der Waals surface area contributed by atoms with Gasteiger partial charge >= 0.3 is 0 Å². The van der Waals surface area contributed by atoms with E-state index in [2.05, 4.69) is 19.1 Å². The van der Waals surface area contributed by atoms with E-state index >= 15 is 0 Å². The SMILES string of the molecule is CCCCC(=O)[C@H]1[C@@H](C=O)[C@H]2C=C[C@@H]1C2. The van der Waals surface area contributed by atoms with E-state index in [9.17, 15) is 9.59 Å². The summed E-state index contributed by atoms with van der Waals surface area (Å²) >= 11 is 0. The lowest BCUT2D eigenvalue weighted by Crippen LogP contribution is -2.28. The van der Waals surface area contributed by atoms with Gasteiger partial charge in [-0.3, -0.25) is 4.79 Å². The van der Waals surface area contributed by atoms with Gasteiger partial charge < -0.3 is 4.79 Å². The topological polar surface area (TPSA) is 34.1 Å². The van der Waals surface area contributed by atoms with E-state index in [1.54, 1.807) is 0 Å². The zero-order valence-electron chi connectivity index (χ0n) is 9.19. The van der Waals surface area contributed by atoms with Gasteiger partial charge in [-0.05, 0) is 24.7 Å². The molecular formula is C13H18O2. The largest absolute Gasteiger partial charge is 0.303 e. The van der Waals surface area contributed by atoms with Crippen LogP contribution < -0.4 is 0 Å². The molecule has 15 heavy (non-hydrogen) atoms. The Kier molecular flexibility index (Phi) is 3.03. The predicted molar refractivity (Wildman–Crippen MR) is 58.3 cm³/mol. The van der Waals surface area contributed by atoms with Crippen LogP contribution in [-0.4, -0.2) is 12.1 Å². The first kappa shape index (κ1) is 10.6. The Labute approximate surface area is 90.7 Å². The molecule has 82 valence electrons. The van der Waals surface area contributed by atoms with Crippen molar-refractivity contribution in [3.8, 4) is 0 Å². The Balaban J connectivity index is 2.05. The summed E-state index contributed by atoms with van der Waals surface area (Å²) < 4.78 is 0. The number of carbonyl (C=O) groups excluding carboxylic acids is 2. The number of Topliss-reactive ketones (excluding diaryl/α,β-unsaturated/α-hetero) is 1. The maximum absolute atomic E-state index is 12.0. The van der Waals surface area contributed by atoms with Gasteiger partial charge in [0, 0.05) is 18.3 Å². The molecule has 2 bridgehead atoms. The molecular weight excluding hydrogens is 188 g/mol. The highest BCUT2D eigenvalue weighted by Gasteiger charge is 2.47. The van der Waals surface area contributed by atoms with Crippen molar-refractivity contribution in [3.05, 3.63) is 12.2 Å². The molecule has 2 heteroatoms. The summed E-state index contributed by atoms with van der Waals surface area (Å²) in [4.78, 5) is 23.0. The van der Waals surface area contributed by atoms with E-state index in [-0.39, 0.29) is 11.8 Å². The van der Waals surface area contributed by atoms with Gasteiger partial charge in [0.05, 0.1) is 0 Å². The number of hydrogen-bond donors (Lipinski definition) is 0. The normalized spacial score (nSPS) is 37.1. The van der Waals surface area contributed by atoms with Crippen molar-refractivity contribution >= 4 is 12.1 Å². The zero-order valence-corrected chi connectivity index (χ0v) is 9.19. The van der Waals surface area contributed by atoms with Crippen molar-refractivity contribution < 1.29 is 9.59 Å². The molecule has 0 saturated heterocycles. The molecule has 0 aromatic heterocycles. The van der Waals surface area contributed by atoms with Gasteiger partial charge in [0.15, 0.2) is 0 Å². The van der Waals surface area contributed by atoms with Crippen LogP contribution >= 0.6 is 0 Å². The van der Waals surface area contributed by atoms with Gasteiger partial charge in [0.25, 0.3) is 0 Å². The van der Waals surface area contributed by atoms with E-state index < -0.39 is 0 Å². The van der Waals surface area contributed by atoms with E-state index in [0.717, 1.165) is 25.5 Å². The summed E-state index contributed by atoms with van der Waals surface area (Å²) in [6.07, 6.45) is 8.94. The molecule has 1 fully saturated rings. The number of rotatable bonds is 5. The van der Waals surface area contributed by atoms with Crippen LogP contribution in [0.5, 0.6) is 0 Å². The first-order valence-electron chi connectivity index (χ1n) is 5.94. The van der Waals surface area contributed by atoms with E-state index in [1.807, 2.05) is 0 Å². The molecule has 0 radical (unpaired) electrons. The van der Waals surface area contributed by atoms with E-state index in [0.29, 0.717) is 24.0 Å². The van der Waals surface area contributed by atoms with Crippen LogP contribution in [0.1, 0.15) is 32.6 Å². The van der Waals surface area contributed by atoms with Crippen molar-refractivity contribution in [2.45, 2.75) is 32.6 Å². The minimum absolute atomic E-state index is 0.00375. The summed E-state index contributed by atoms with van der Waals surface area (Å²) in [6.45, 7) is 2.09. The van der Waals surface area contributed by atoms with Crippen LogP contribution in [0.25, 0.3) is 0 Å². The maximum Gasteiger partial charge on any atom is 0.137 e. The second-order valence-corrected chi connectivity index (χ2v) is 4.76. The van der Waals surface area contributed by atoms with Gasteiger partial charge in [-0.25, -0.2) is 0 Å². The summed E-state index contributed by atoms with van der Waals surface area (Å²) in [5.74, 6) is 0.997. The fourth-order valence-electron chi connectivity index (χ4n) is 3.02. The smallest absolute Gasteiger partial charge is 0.137 e. The van der Waals surface area contributed by atoms with Gasteiger partial charge in [0.1, 0.15) is 12.1 Å². The van der Waals surface area contributed by atoms with E-state index in [1.165, 1.54) is 0 Å². The lowest BCUT2D eigenvalue weighted by atomic mass is 9.80. The third kappa shape index (κ3) is 1.77. The molecule has 0 aliphatic heterocycles. The number of hydrogen-bond acceptors (Lipinski definition) is 2. The van der Waals surface area contributed by atoms with Crippen molar-refractivity contribution in [1.82, 2.24) is 0 Å². The quantitative estimate of drug-likeness (QED) is 0.511. The summed E-state index contributed by atoms with van der Waals surface area (Å²) in [5.41, 5.74) is 0. The molecule has 0 N–H and O–H groups in total. The molecule has 0 amide bonds. The Bertz CT molecular complexity index is 293. The number of carbonyl (C=O) groups is 2. The average molecular weight is 206 g/mol. The van der Waals surface area contributed by atoms with E-state index in [4.69, 9.17) is 0 Å². The fraction of sp³-hybridized carbons (Fsp3) is 0.692. The number of unbranched alkanes of at least 4 members (excludes halogenated alkanes) is 1. The minimum Gasteiger partial charge on any atom is -0.303 e. The van der Waals surface area contributed by atoms with Crippen LogP contribution in [0.3, 0.4) is 0 Å². The Morgan fingerprint density at radius 2 is 2.13 bits per heavy atom. The van der Waals surface area contributed by atoms with Gasteiger partial charge in [-0.15, -0.1) is 0 Å². The highest BCUT2D eigenvalue weighted by Crippen LogP contribution is 2.47. The van der Waals surface area contributed by atoms with Crippen molar-refractivity contribution in [2.24, 2.45) is 23.7 Å². The first-order valence-corrected chi connectivity index (χ1v) is 5.94. The lowest BCUT2D eigenvalue weighted by molar-refractivity contribution is -0.128. The van der Waals surface area contributed by atoms with Gasteiger partial charge in [-0.2, -0.15) is 0 Å². The van der Waals surface area contributed by atoms with Gasteiger partial charge in [0.2, 0.25) is 0 Å². The number of allylic oxidation sites excluding steroid dienone is 2. The molecule has 0 aromatic carbocycles. The number of fused-ring (bicyclic) bond motifs is 2. The first-order chi connectivity index (χ1) is 7.27. The van der Waals surface area contributed by atoms with Crippen molar-refractivity contribution in [1.29, 1.82) is 0 Å². The summed E-state index contributed by atoms with van der Waals surface area (Å²) in [6, 6.07) is 0. The van der Waals surface area contributed by atoms with Crippen LogP contribution in [0.4, 0.5) is 0 Å². The summed E-state index contributed by atoms with van der Waals surface area (Å²) in [7, 11) is 0. The average Bonchev–Trinajstić information content (AvgIpc) is 2.84. The standard InChI is InChI=1S/C13H18O2/c1-2-3-4-12(15)13-10-6-5-9(7-10)11(13)8-14/h5-6,8-11,13H,2-4,7H2,1H3/t9-,10+,11-,13+/m0/s1. The molecule has 4 atom stereocenters. The Morgan fingerprint density at radius 3 is 2.80 bits per heavy atom. The molecule has 0 heterocycles. The van der Waals surface area contributed by atoms with Crippen LogP contribution in [0, 0.1) is 23.7 Å². The molecule has 1 saturated carbocycles. The molecule has 0 spiro atoms. The fourth-order valence-corrected chi connectivity index (χ4v) is 3.02. The van der Waals surface area contributed by atoms with Gasteiger partial charge in [-0.1, -0.05) is 25.5 Å². The van der Waals surface area contributed by atoms with Crippen molar-refractivity contribution in [2.75, 3.05) is 0 Å². The maximum atomic E-state index is 12.0. The third-order valence-corrected chi connectivity index (χ3v) is 3.83. The molecule has 2 nitrogen and oxygen atoms in total. The second kappa shape index (κ2) is 4.30. The highest BCUT2D eigenvalue weighted by atomic mass is 16.1. The highest BCUT2D eigenvalue weighted by molar-refractivity contribution is 5.85. The zero-order chi connectivity index (χ0) is 10.8. The Hall–Kier alpha value is -0.920. The Morgan fingerprint density at radius 1 is 1.40 bits per heavy atom. The molecule has 2 rings (SSSR count). The minimum atomic E-state index is -0.0237. The molecule has 0 aromatic rings. The summed E-state index contributed by atoms with van der Waals surface area (Å²) in [5, 5.41) is 0. The van der Waals surface area contributed by atoms with Crippen LogP contribution in [0.2, 0.25) is 0 Å². The van der Waals surface area contributed by atoms with Crippen LogP contribution in [-0.2, 0) is 9.59 Å². The second-order valence-electron chi connectivity index (χ2n) is 4.76. The predicted octanol–water partition coefficient (Wildman–Crippen LogP) is 2.38. The van der Waals surface area contributed by atoms with Crippen LogP contribution in [0.15, 0.2) is 12.2 Å². The molecule has 2 aliphatic rings. The lowest BCUT2D eigenvalue weighted by Gasteiger charge is -2.22. The molecule has 2 aliphatic carbocycles. The number of aldehydes is 1. The molecule has 0 unspecified atom stereocenters. The van der Waals surface area contributed by atoms with Crippen molar-refractivity contribution in [3.63, 3.8) is 0 Å².